The predicted molar refractivity (Wildman–Crippen MR) is 73.8 cm³/mol. The molecule has 1 unspecified atom stereocenters. The van der Waals surface area contributed by atoms with Crippen LogP contribution in [0.1, 0.15) is 38.3 Å². The highest BCUT2D eigenvalue weighted by molar-refractivity contribution is 6.22. The first-order valence-corrected chi connectivity index (χ1v) is 6.60. The van der Waals surface area contributed by atoms with E-state index in [1.54, 1.807) is 0 Å². The molecule has 1 aromatic carbocycles. The second-order valence-corrected chi connectivity index (χ2v) is 5.11. The van der Waals surface area contributed by atoms with Crippen molar-refractivity contribution in [3.05, 3.63) is 34.4 Å². The number of fused-ring (bicyclic) bond motifs is 1. The number of benzene rings is 1. The number of rotatable bonds is 5. The third kappa shape index (κ3) is 2.46. The van der Waals surface area contributed by atoms with Crippen LogP contribution in [0.25, 0.3) is 0 Å². The van der Waals surface area contributed by atoms with Gasteiger partial charge in [-0.05, 0) is 31.4 Å². The van der Waals surface area contributed by atoms with Gasteiger partial charge in [-0.1, -0.05) is 12.1 Å². The van der Waals surface area contributed by atoms with Crippen LogP contribution in [-0.2, 0) is 4.74 Å². The number of carbonyl (C=O) groups excluding carboxylic acids is 2. The van der Waals surface area contributed by atoms with E-state index in [9.17, 15) is 14.7 Å². The van der Waals surface area contributed by atoms with E-state index in [-0.39, 0.29) is 25.0 Å². The third-order valence-corrected chi connectivity index (χ3v) is 3.59. The van der Waals surface area contributed by atoms with Gasteiger partial charge in [0.2, 0.25) is 0 Å². The summed E-state index contributed by atoms with van der Waals surface area (Å²) >= 11 is 0. The summed E-state index contributed by atoms with van der Waals surface area (Å²) in [5.74, 6) is -0.536. The lowest BCUT2D eigenvalue weighted by atomic mass is 9.99. The number of amides is 2. The summed E-state index contributed by atoms with van der Waals surface area (Å²) in [6, 6.07) is 3.70. The van der Waals surface area contributed by atoms with E-state index >= 15 is 0 Å². The van der Waals surface area contributed by atoms with Crippen LogP contribution < -0.4 is 0 Å². The summed E-state index contributed by atoms with van der Waals surface area (Å²) in [5, 5.41) is 9.63. The molecule has 0 bridgehead atoms. The Morgan fingerprint density at radius 1 is 1.15 bits per heavy atom. The van der Waals surface area contributed by atoms with Crippen LogP contribution in [0.5, 0.6) is 0 Å². The number of aliphatic hydroxyl groups is 1. The molecular formula is C15H19NO4. The lowest BCUT2D eigenvalue weighted by Gasteiger charge is -2.16. The zero-order chi connectivity index (χ0) is 14.9. The van der Waals surface area contributed by atoms with Gasteiger partial charge in [0.25, 0.3) is 11.8 Å². The molecule has 1 aliphatic rings. The highest BCUT2D eigenvalue weighted by atomic mass is 16.5. The lowest BCUT2D eigenvalue weighted by molar-refractivity contribution is 0.0459. The first kappa shape index (κ1) is 14.7. The van der Waals surface area contributed by atoms with Gasteiger partial charge in [-0.25, -0.2) is 0 Å². The molecule has 0 radical (unpaired) electrons. The zero-order valence-corrected chi connectivity index (χ0v) is 12.0. The maximum atomic E-state index is 12.3. The molecule has 2 amide bonds. The summed E-state index contributed by atoms with van der Waals surface area (Å²) in [7, 11) is 1.50. The molecule has 1 N–H and O–H groups in total. The summed E-state index contributed by atoms with van der Waals surface area (Å²) in [4.78, 5) is 25.9. The smallest absolute Gasteiger partial charge is 0.261 e. The van der Waals surface area contributed by atoms with E-state index in [0.29, 0.717) is 17.5 Å². The molecule has 0 aromatic heterocycles. The first-order valence-electron chi connectivity index (χ1n) is 6.60. The molecule has 1 heterocycles. The number of aryl methyl sites for hydroxylation is 2. The Kier molecular flexibility index (Phi) is 4.20. The fourth-order valence-corrected chi connectivity index (χ4v) is 2.48. The summed E-state index contributed by atoms with van der Waals surface area (Å²) in [6.07, 6.45) is -0.358. The van der Waals surface area contributed by atoms with Crippen molar-refractivity contribution in [1.29, 1.82) is 0 Å². The third-order valence-electron chi connectivity index (χ3n) is 3.59. The molecule has 20 heavy (non-hydrogen) atoms. The normalized spacial score (nSPS) is 15.7. The molecule has 108 valence electrons. The molecule has 1 atom stereocenters. The van der Waals surface area contributed by atoms with Crippen molar-refractivity contribution < 1.29 is 19.4 Å². The van der Waals surface area contributed by atoms with Crippen LogP contribution in [0.15, 0.2) is 12.1 Å². The van der Waals surface area contributed by atoms with Crippen LogP contribution in [0.4, 0.5) is 0 Å². The standard InChI is InChI=1S/C15H19NO4/c1-9-4-5-10(2)13-12(9)14(18)16(15(13)19)7-6-11(17)8-20-3/h4-5,11,17H,6-8H2,1-3H3. The Morgan fingerprint density at radius 3 is 2.10 bits per heavy atom. The van der Waals surface area contributed by atoms with Gasteiger partial charge >= 0.3 is 0 Å². The number of carbonyl (C=O) groups is 2. The second kappa shape index (κ2) is 5.73. The van der Waals surface area contributed by atoms with Crippen LogP contribution in [0, 0.1) is 13.8 Å². The fraction of sp³-hybridized carbons (Fsp3) is 0.467. The molecule has 2 rings (SSSR count). The zero-order valence-electron chi connectivity index (χ0n) is 12.0. The predicted octanol–water partition coefficient (Wildman–Crippen LogP) is 1.30. The minimum absolute atomic E-state index is 0.196. The topological polar surface area (TPSA) is 66.8 Å². The Labute approximate surface area is 118 Å². The highest BCUT2D eigenvalue weighted by Crippen LogP contribution is 2.28. The van der Waals surface area contributed by atoms with Crippen molar-refractivity contribution in [2.75, 3.05) is 20.3 Å². The van der Waals surface area contributed by atoms with Crippen LogP contribution in [0.2, 0.25) is 0 Å². The van der Waals surface area contributed by atoms with E-state index < -0.39 is 6.10 Å². The number of imide groups is 1. The number of aliphatic hydroxyl groups excluding tert-OH is 1. The molecule has 0 saturated heterocycles. The lowest BCUT2D eigenvalue weighted by Crippen LogP contribution is -2.33. The molecule has 1 aromatic rings. The van der Waals surface area contributed by atoms with Gasteiger partial charge in [-0.15, -0.1) is 0 Å². The van der Waals surface area contributed by atoms with Gasteiger partial charge in [0, 0.05) is 13.7 Å². The second-order valence-electron chi connectivity index (χ2n) is 5.11. The van der Waals surface area contributed by atoms with Gasteiger partial charge in [0.05, 0.1) is 23.8 Å². The molecular weight excluding hydrogens is 258 g/mol. The van der Waals surface area contributed by atoms with Crippen LogP contribution in [-0.4, -0.2) is 48.2 Å². The maximum Gasteiger partial charge on any atom is 0.261 e. The number of nitrogens with zero attached hydrogens (tertiary/aromatic N) is 1. The molecule has 1 aliphatic heterocycles. The molecule has 0 spiro atoms. The fourth-order valence-electron chi connectivity index (χ4n) is 2.48. The van der Waals surface area contributed by atoms with E-state index in [4.69, 9.17) is 4.74 Å². The Morgan fingerprint density at radius 2 is 1.65 bits per heavy atom. The van der Waals surface area contributed by atoms with E-state index in [0.717, 1.165) is 11.1 Å². The van der Waals surface area contributed by atoms with Crippen LogP contribution >= 0.6 is 0 Å². The van der Waals surface area contributed by atoms with Crippen molar-refractivity contribution in [1.82, 2.24) is 4.90 Å². The maximum absolute atomic E-state index is 12.3. The Bertz CT molecular complexity index is 512. The van der Waals surface area contributed by atoms with Gasteiger partial charge in [0.1, 0.15) is 0 Å². The van der Waals surface area contributed by atoms with Gasteiger partial charge in [-0.3, -0.25) is 14.5 Å². The monoisotopic (exact) mass is 277 g/mol. The first-order chi connectivity index (χ1) is 9.47. The molecule has 0 aliphatic carbocycles. The SMILES string of the molecule is COCC(O)CCN1C(=O)c2c(C)ccc(C)c2C1=O. The van der Waals surface area contributed by atoms with Gasteiger partial charge in [-0.2, -0.15) is 0 Å². The highest BCUT2D eigenvalue weighted by Gasteiger charge is 2.37. The average molecular weight is 277 g/mol. The minimum atomic E-state index is -0.675. The molecule has 5 nitrogen and oxygen atoms in total. The largest absolute Gasteiger partial charge is 0.391 e. The van der Waals surface area contributed by atoms with E-state index in [1.165, 1.54) is 12.0 Å². The minimum Gasteiger partial charge on any atom is -0.391 e. The summed E-state index contributed by atoms with van der Waals surface area (Å²) in [6.45, 7) is 4.05. The number of hydrogen-bond donors (Lipinski definition) is 1. The van der Waals surface area contributed by atoms with E-state index in [2.05, 4.69) is 0 Å². The van der Waals surface area contributed by atoms with Crippen molar-refractivity contribution in [2.45, 2.75) is 26.4 Å². The summed E-state index contributed by atoms with van der Waals surface area (Å²) < 4.78 is 4.83. The molecule has 0 fully saturated rings. The van der Waals surface area contributed by atoms with Crippen molar-refractivity contribution in [3.8, 4) is 0 Å². The Balaban J connectivity index is 2.20. The van der Waals surface area contributed by atoms with Crippen molar-refractivity contribution >= 4 is 11.8 Å². The van der Waals surface area contributed by atoms with Crippen LogP contribution in [0.3, 0.4) is 0 Å². The molecule has 0 saturated carbocycles. The van der Waals surface area contributed by atoms with Crippen molar-refractivity contribution in [3.63, 3.8) is 0 Å². The quantitative estimate of drug-likeness (QED) is 0.824. The average Bonchev–Trinajstić information content (AvgIpc) is 2.65. The molecule has 5 heteroatoms. The van der Waals surface area contributed by atoms with Crippen molar-refractivity contribution in [2.24, 2.45) is 0 Å². The number of methoxy groups -OCH3 is 1. The van der Waals surface area contributed by atoms with Gasteiger partial charge < -0.3 is 9.84 Å². The van der Waals surface area contributed by atoms with E-state index in [1.807, 2.05) is 26.0 Å². The summed E-state index contributed by atoms with van der Waals surface area (Å²) in [5.41, 5.74) is 2.61. The number of hydrogen-bond acceptors (Lipinski definition) is 4. The van der Waals surface area contributed by atoms with Gasteiger partial charge in [0.15, 0.2) is 0 Å². The number of ether oxygens (including phenoxy) is 1. The Hall–Kier alpha value is -1.72.